The Morgan fingerprint density at radius 2 is 2.11 bits per heavy atom. The highest BCUT2D eigenvalue weighted by atomic mass is 79.9. The summed E-state index contributed by atoms with van der Waals surface area (Å²) in [6, 6.07) is 8.54. The van der Waals surface area contributed by atoms with Gasteiger partial charge in [0.15, 0.2) is 0 Å². The van der Waals surface area contributed by atoms with Gasteiger partial charge >= 0.3 is 0 Å². The number of halogens is 2. The fraction of sp³-hybridized carbons (Fsp3) is 0. The van der Waals surface area contributed by atoms with Gasteiger partial charge in [0.25, 0.3) is 0 Å². The topological polar surface area (TPSA) is 50.9 Å². The first-order valence-electron chi connectivity index (χ1n) is 5.49. The third-order valence-corrected chi connectivity index (χ3v) is 4.22. The molecule has 0 saturated heterocycles. The van der Waals surface area contributed by atoms with Crippen LogP contribution in [0.1, 0.15) is 0 Å². The number of hydrogen-bond acceptors (Lipinski definition) is 4. The van der Waals surface area contributed by atoms with E-state index in [0.29, 0.717) is 21.5 Å². The number of nitrogen functional groups attached to an aromatic ring is 1. The number of nitrogens with zero attached hydrogens (tertiary/aromatic N) is 1. The summed E-state index contributed by atoms with van der Waals surface area (Å²) in [7, 11) is 0. The number of benzene rings is 2. The van der Waals surface area contributed by atoms with Crippen LogP contribution in [-0.2, 0) is 0 Å². The Labute approximate surface area is 121 Å². The van der Waals surface area contributed by atoms with E-state index >= 15 is 0 Å². The SMILES string of the molecule is Nc1c(Nc2c(F)cccc2Br)ccc2scnc12. The van der Waals surface area contributed by atoms with Crippen LogP contribution in [-0.4, -0.2) is 4.98 Å². The highest BCUT2D eigenvalue weighted by Gasteiger charge is 2.11. The Morgan fingerprint density at radius 1 is 1.26 bits per heavy atom. The van der Waals surface area contributed by atoms with Crippen molar-refractivity contribution in [1.29, 1.82) is 0 Å². The molecule has 19 heavy (non-hydrogen) atoms. The molecule has 3 N–H and O–H groups in total. The Morgan fingerprint density at radius 3 is 2.89 bits per heavy atom. The van der Waals surface area contributed by atoms with Crippen molar-refractivity contribution in [3.05, 3.63) is 46.1 Å². The number of aromatic nitrogens is 1. The maximum absolute atomic E-state index is 13.8. The molecule has 0 aliphatic carbocycles. The minimum absolute atomic E-state index is 0.341. The van der Waals surface area contributed by atoms with Gasteiger partial charge in [0.05, 0.1) is 27.3 Å². The molecule has 3 nitrogen and oxygen atoms in total. The first-order valence-corrected chi connectivity index (χ1v) is 7.17. The quantitative estimate of drug-likeness (QED) is 0.675. The molecule has 1 heterocycles. The van der Waals surface area contributed by atoms with Crippen LogP contribution in [0.25, 0.3) is 10.2 Å². The van der Waals surface area contributed by atoms with E-state index in [1.165, 1.54) is 17.4 Å². The summed E-state index contributed by atoms with van der Waals surface area (Å²) in [6.07, 6.45) is 0. The minimum atomic E-state index is -0.341. The summed E-state index contributed by atoms with van der Waals surface area (Å²) in [5, 5.41) is 3.01. The molecule has 2 aromatic carbocycles. The van der Waals surface area contributed by atoms with Gasteiger partial charge in [0.2, 0.25) is 0 Å². The summed E-state index contributed by atoms with van der Waals surface area (Å²) in [6.45, 7) is 0. The van der Waals surface area contributed by atoms with Gasteiger partial charge in [-0.2, -0.15) is 0 Å². The number of anilines is 3. The highest BCUT2D eigenvalue weighted by Crippen LogP contribution is 2.34. The average Bonchev–Trinajstić information content (AvgIpc) is 2.85. The van der Waals surface area contributed by atoms with E-state index in [0.717, 1.165) is 10.2 Å². The van der Waals surface area contributed by atoms with Gasteiger partial charge in [-0.15, -0.1) is 11.3 Å². The molecule has 0 amide bonds. The van der Waals surface area contributed by atoms with Gasteiger partial charge in [0.1, 0.15) is 11.3 Å². The van der Waals surface area contributed by atoms with Crippen molar-refractivity contribution in [1.82, 2.24) is 4.98 Å². The van der Waals surface area contributed by atoms with Gasteiger partial charge in [0, 0.05) is 4.47 Å². The number of nitrogens with one attached hydrogen (secondary N) is 1. The number of rotatable bonds is 2. The Balaban J connectivity index is 2.08. The number of hydrogen-bond donors (Lipinski definition) is 2. The summed E-state index contributed by atoms with van der Waals surface area (Å²) in [4.78, 5) is 4.21. The molecule has 3 aromatic rings. The average molecular weight is 338 g/mol. The van der Waals surface area contributed by atoms with Crippen molar-refractivity contribution in [2.24, 2.45) is 0 Å². The maximum Gasteiger partial charge on any atom is 0.147 e. The number of fused-ring (bicyclic) bond motifs is 1. The summed E-state index contributed by atoms with van der Waals surface area (Å²) in [5.74, 6) is -0.341. The second kappa shape index (κ2) is 4.79. The van der Waals surface area contributed by atoms with Crippen molar-refractivity contribution in [2.45, 2.75) is 0 Å². The lowest BCUT2D eigenvalue weighted by Crippen LogP contribution is -1.99. The zero-order valence-corrected chi connectivity index (χ0v) is 12.1. The van der Waals surface area contributed by atoms with Gasteiger partial charge in [-0.05, 0) is 40.2 Å². The first-order chi connectivity index (χ1) is 9.16. The van der Waals surface area contributed by atoms with E-state index in [4.69, 9.17) is 5.73 Å². The van der Waals surface area contributed by atoms with Gasteiger partial charge in [-0.1, -0.05) is 6.07 Å². The molecule has 6 heteroatoms. The van der Waals surface area contributed by atoms with Crippen molar-refractivity contribution in [3.63, 3.8) is 0 Å². The Kier molecular flexibility index (Phi) is 3.12. The van der Waals surface area contributed by atoms with Crippen LogP contribution >= 0.6 is 27.3 Å². The third-order valence-electron chi connectivity index (χ3n) is 2.76. The number of thiazole rings is 1. The van der Waals surface area contributed by atoms with E-state index < -0.39 is 0 Å². The summed E-state index contributed by atoms with van der Waals surface area (Å²) >= 11 is 4.84. The minimum Gasteiger partial charge on any atom is -0.395 e. The monoisotopic (exact) mass is 337 g/mol. The van der Waals surface area contributed by atoms with Crippen LogP contribution in [0, 0.1) is 5.82 Å². The first kappa shape index (κ1) is 12.4. The zero-order valence-electron chi connectivity index (χ0n) is 9.65. The molecule has 0 aliphatic heterocycles. The second-order valence-electron chi connectivity index (χ2n) is 3.95. The molecule has 0 spiro atoms. The standard InChI is InChI=1S/C13H9BrFN3S/c14-7-2-1-3-8(15)12(7)18-9-4-5-10-13(11(9)16)17-6-19-10/h1-6,18H,16H2. The molecule has 0 bridgehead atoms. The van der Waals surface area contributed by atoms with E-state index in [1.54, 1.807) is 17.6 Å². The van der Waals surface area contributed by atoms with Crippen molar-refractivity contribution < 1.29 is 4.39 Å². The second-order valence-corrected chi connectivity index (χ2v) is 5.69. The number of nitrogens with two attached hydrogens (primary N) is 1. The predicted molar refractivity (Wildman–Crippen MR) is 81.4 cm³/mol. The molecular formula is C13H9BrFN3S. The zero-order chi connectivity index (χ0) is 13.4. The molecule has 0 fully saturated rings. The molecule has 0 atom stereocenters. The van der Waals surface area contributed by atoms with Gasteiger partial charge in [-0.3, -0.25) is 0 Å². The predicted octanol–water partition coefficient (Wildman–Crippen LogP) is 4.52. The molecule has 0 unspecified atom stereocenters. The summed E-state index contributed by atoms with van der Waals surface area (Å²) < 4.78 is 15.4. The van der Waals surface area contributed by atoms with Crippen molar-refractivity contribution in [3.8, 4) is 0 Å². The molecule has 0 radical (unpaired) electrons. The fourth-order valence-electron chi connectivity index (χ4n) is 1.81. The Hall–Kier alpha value is -1.66. The van der Waals surface area contributed by atoms with Crippen LogP contribution in [0.5, 0.6) is 0 Å². The number of para-hydroxylation sites is 1. The fourth-order valence-corrected chi connectivity index (χ4v) is 2.95. The van der Waals surface area contributed by atoms with E-state index in [-0.39, 0.29) is 5.82 Å². The molecular weight excluding hydrogens is 329 g/mol. The van der Waals surface area contributed by atoms with Crippen LogP contribution in [0.2, 0.25) is 0 Å². The lowest BCUT2D eigenvalue weighted by Gasteiger charge is -2.12. The van der Waals surface area contributed by atoms with Crippen LogP contribution in [0.15, 0.2) is 40.3 Å². The Bertz CT molecular complexity index is 736. The van der Waals surface area contributed by atoms with Crippen molar-refractivity contribution >= 4 is 54.5 Å². The molecule has 3 rings (SSSR count). The smallest absolute Gasteiger partial charge is 0.147 e. The van der Waals surface area contributed by atoms with Gasteiger partial charge in [-0.25, -0.2) is 9.37 Å². The molecule has 1 aromatic heterocycles. The lowest BCUT2D eigenvalue weighted by atomic mass is 10.2. The van der Waals surface area contributed by atoms with E-state index in [9.17, 15) is 4.39 Å². The normalized spacial score (nSPS) is 10.8. The van der Waals surface area contributed by atoms with Crippen molar-refractivity contribution in [2.75, 3.05) is 11.1 Å². The summed E-state index contributed by atoms with van der Waals surface area (Å²) in [5.41, 5.74) is 10.1. The van der Waals surface area contributed by atoms with Crippen LogP contribution < -0.4 is 11.1 Å². The maximum atomic E-state index is 13.8. The van der Waals surface area contributed by atoms with E-state index in [2.05, 4.69) is 26.2 Å². The molecule has 96 valence electrons. The molecule has 0 aliphatic rings. The molecule has 0 saturated carbocycles. The van der Waals surface area contributed by atoms with E-state index in [1.807, 2.05) is 12.1 Å². The highest BCUT2D eigenvalue weighted by molar-refractivity contribution is 9.10. The lowest BCUT2D eigenvalue weighted by molar-refractivity contribution is 0.631. The van der Waals surface area contributed by atoms with Crippen LogP contribution in [0.3, 0.4) is 0 Å². The van der Waals surface area contributed by atoms with Gasteiger partial charge < -0.3 is 11.1 Å². The third kappa shape index (κ3) is 2.17. The van der Waals surface area contributed by atoms with Crippen LogP contribution in [0.4, 0.5) is 21.5 Å². The largest absolute Gasteiger partial charge is 0.395 e.